The highest BCUT2D eigenvalue weighted by Gasteiger charge is 2.18. The van der Waals surface area contributed by atoms with Gasteiger partial charge in [-0.3, -0.25) is 14.9 Å². The summed E-state index contributed by atoms with van der Waals surface area (Å²) in [4.78, 5) is 21.6. The molecule has 0 bridgehead atoms. The molecule has 4 nitrogen and oxygen atoms in total. The lowest BCUT2D eigenvalue weighted by Gasteiger charge is -2.05. The molecule has 1 aromatic carbocycles. The highest BCUT2D eigenvalue weighted by atomic mass is 79.9. The van der Waals surface area contributed by atoms with Crippen molar-refractivity contribution in [2.75, 3.05) is 5.33 Å². The van der Waals surface area contributed by atoms with E-state index >= 15 is 0 Å². The first-order valence-electron chi connectivity index (χ1n) is 4.01. The third kappa shape index (κ3) is 2.43. The lowest BCUT2D eigenvalue weighted by molar-refractivity contribution is -0.385. The number of nitro groups is 1. The fourth-order valence-electron chi connectivity index (χ4n) is 1.16. The minimum absolute atomic E-state index is 0.00741. The summed E-state index contributed by atoms with van der Waals surface area (Å²) in [6.45, 7) is 1.60. The molecule has 0 unspecified atom stereocenters. The third-order valence-corrected chi connectivity index (χ3v) is 3.51. The minimum Gasteiger partial charge on any atom is -0.293 e. The standard InChI is InChI=1S/C9H7Br2NO3/c1-5-7(12(14)15)3-2-6(9(5)11)8(13)4-10/h2-3H,4H2,1H3. The smallest absolute Gasteiger partial charge is 0.273 e. The number of hydrogen-bond donors (Lipinski definition) is 0. The zero-order valence-corrected chi connectivity index (χ0v) is 11.0. The van der Waals surface area contributed by atoms with Gasteiger partial charge in [0, 0.05) is 21.7 Å². The Bertz CT molecular complexity index is 432. The summed E-state index contributed by atoms with van der Waals surface area (Å²) in [5.41, 5.74) is 0.926. The molecule has 6 heteroatoms. The summed E-state index contributed by atoms with van der Waals surface area (Å²) in [5, 5.41) is 10.8. The topological polar surface area (TPSA) is 60.2 Å². The predicted molar refractivity (Wildman–Crippen MR) is 63.7 cm³/mol. The van der Waals surface area contributed by atoms with Gasteiger partial charge in [-0.05, 0) is 28.9 Å². The molecule has 0 spiro atoms. The molecule has 1 rings (SSSR count). The quantitative estimate of drug-likeness (QED) is 0.368. The van der Waals surface area contributed by atoms with E-state index in [1.165, 1.54) is 12.1 Å². The molecule has 0 saturated heterocycles. The van der Waals surface area contributed by atoms with E-state index in [-0.39, 0.29) is 16.8 Å². The van der Waals surface area contributed by atoms with Gasteiger partial charge in [0.05, 0.1) is 10.3 Å². The molecule has 0 fully saturated rings. The Morgan fingerprint density at radius 2 is 2.13 bits per heavy atom. The fraction of sp³-hybridized carbons (Fsp3) is 0.222. The van der Waals surface area contributed by atoms with Crippen LogP contribution in [0.1, 0.15) is 15.9 Å². The van der Waals surface area contributed by atoms with Crippen LogP contribution in [0.5, 0.6) is 0 Å². The first-order chi connectivity index (χ1) is 6.99. The molecule has 0 aliphatic heterocycles. The molecule has 0 heterocycles. The van der Waals surface area contributed by atoms with E-state index in [1.54, 1.807) is 6.92 Å². The number of Topliss-reactive ketones (excluding diaryl/α,β-unsaturated/α-hetero) is 1. The van der Waals surface area contributed by atoms with Crippen LogP contribution in [0.4, 0.5) is 5.69 Å². The second kappa shape index (κ2) is 4.85. The molecule has 0 saturated carbocycles. The molecule has 0 N–H and O–H groups in total. The van der Waals surface area contributed by atoms with Gasteiger partial charge in [0.2, 0.25) is 0 Å². The van der Waals surface area contributed by atoms with Crippen molar-refractivity contribution in [1.29, 1.82) is 0 Å². The zero-order valence-electron chi connectivity index (χ0n) is 7.79. The van der Waals surface area contributed by atoms with Crippen LogP contribution in [0.2, 0.25) is 0 Å². The Morgan fingerprint density at radius 3 is 2.60 bits per heavy atom. The highest BCUT2D eigenvalue weighted by molar-refractivity contribution is 9.10. The number of alkyl halides is 1. The maximum absolute atomic E-state index is 11.4. The lowest BCUT2D eigenvalue weighted by Crippen LogP contribution is -2.03. The van der Waals surface area contributed by atoms with E-state index in [1.807, 2.05) is 0 Å². The van der Waals surface area contributed by atoms with Crippen LogP contribution in [0.25, 0.3) is 0 Å². The van der Waals surface area contributed by atoms with Crippen molar-refractivity contribution < 1.29 is 9.72 Å². The van der Waals surface area contributed by atoms with Gasteiger partial charge in [-0.1, -0.05) is 15.9 Å². The van der Waals surface area contributed by atoms with Crippen molar-refractivity contribution in [3.05, 3.63) is 37.8 Å². The molecule has 0 amide bonds. The van der Waals surface area contributed by atoms with E-state index < -0.39 is 4.92 Å². The molecule has 0 aromatic heterocycles. The number of nitro benzene ring substituents is 1. The molecule has 1 aromatic rings. The number of carbonyl (C=O) groups excluding carboxylic acids is 1. The third-order valence-electron chi connectivity index (χ3n) is 1.98. The normalized spacial score (nSPS) is 10.1. The Morgan fingerprint density at radius 1 is 1.53 bits per heavy atom. The minimum atomic E-state index is -0.470. The first kappa shape index (κ1) is 12.3. The van der Waals surface area contributed by atoms with Crippen LogP contribution in [0.15, 0.2) is 16.6 Å². The summed E-state index contributed by atoms with van der Waals surface area (Å²) < 4.78 is 0.487. The van der Waals surface area contributed by atoms with E-state index in [2.05, 4.69) is 31.9 Å². The molecule has 15 heavy (non-hydrogen) atoms. The number of hydrogen-bond acceptors (Lipinski definition) is 3. The summed E-state index contributed by atoms with van der Waals surface area (Å²) in [6, 6.07) is 2.80. The van der Waals surface area contributed by atoms with Crippen LogP contribution in [0.3, 0.4) is 0 Å². The van der Waals surface area contributed by atoms with Crippen molar-refractivity contribution in [3.8, 4) is 0 Å². The highest BCUT2D eigenvalue weighted by Crippen LogP contribution is 2.29. The van der Waals surface area contributed by atoms with E-state index in [9.17, 15) is 14.9 Å². The van der Waals surface area contributed by atoms with Crippen LogP contribution < -0.4 is 0 Å². The van der Waals surface area contributed by atoms with Crippen LogP contribution in [-0.4, -0.2) is 16.0 Å². The number of rotatable bonds is 3. The van der Waals surface area contributed by atoms with Gasteiger partial charge < -0.3 is 0 Å². The van der Waals surface area contributed by atoms with E-state index in [0.717, 1.165) is 0 Å². The molecule has 0 aliphatic carbocycles. The average Bonchev–Trinajstić information content (AvgIpc) is 2.20. The second-order valence-electron chi connectivity index (χ2n) is 2.89. The van der Waals surface area contributed by atoms with Crippen LogP contribution in [0, 0.1) is 17.0 Å². The fourth-order valence-corrected chi connectivity index (χ4v) is 2.02. The van der Waals surface area contributed by atoms with Gasteiger partial charge in [0.25, 0.3) is 5.69 Å². The lowest BCUT2D eigenvalue weighted by atomic mass is 10.1. The maximum atomic E-state index is 11.4. The van der Waals surface area contributed by atoms with Gasteiger partial charge in [-0.2, -0.15) is 0 Å². The monoisotopic (exact) mass is 335 g/mol. The van der Waals surface area contributed by atoms with Crippen molar-refractivity contribution in [1.82, 2.24) is 0 Å². The molecule has 80 valence electrons. The largest absolute Gasteiger partial charge is 0.293 e. The van der Waals surface area contributed by atoms with Crippen molar-refractivity contribution in [2.24, 2.45) is 0 Å². The molecular formula is C9H7Br2NO3. The zero-order chi connectivity index (χ0) is 11.6. The molecular weight excluding hydrogens is 330 g/mol. The second-order valence-corrected chi connectivity index (χ2v) is 4.24. The van der Waals surface area contributed by atoms with Gasteiger partial charge in [0.15, 0.2) is 5.78 Å². The van der Waals surface area contributed by atoms with Gasteiger partial charge >= 0.3 is 0 Å². The molecule has 0 atom stereocenters. The Hall–Kier alpha value is -0.750. The number of halogens is 2. The summed E-state index contributed by atoms with van der Waals surface area (Å²) in [5.74, 6) is -0.111. The van der Waals surface area contributed by atoms with E-state index in [4.69, 9.17) is 0 Å². The van der Waals surface area contributed by atoms with E-state index in [0.29, 0.717) is 15.6 Å². The number of nitrogens with zero attached hydrogens (tertiary/aromatic N) is 1. The van der Waals surface area contributed by atoms with Crippen molar-refractivity contribution >= 4 is 43.3 Å². The SMILES string of the molecule is Cc1c([N+](=O)[O-])ccc(C(=O)CBr)c1Br. The molecule has 0 aliphatic rings. The van der Waals surface area contributed by atoms with Crippen LogP contribution >= 0.6 is 31.9 Å². The number of benzene rings is 1. The summed E-state index contributed by atoms with van der Waals surface area (Å²) in [6.07, 6.45) is 0. The number of ketones is 1. The van der Waals surface area contributed by atoms with Crippen molar-refractivity contribution in [2.45, 2.75) is 6.92 Å². The average molecular weight is 337 g/mol. The van der Waals surface area contributed by atoms with Crippen molar-refractivity contribution in [3.63, 3.8) is 0 Å². The number of carbonyl (C=O) groups is 1. The first-order valence-corrected chi connectivity index (χ1v) is 5.93. The van der Waals surface area contributed by atoms with Gasteiger partial charge in [-0.25, -0.2) is 0 Å². The Balaban J connectivity index is 3.33. The van der Waals surface area contributed by atoms with Gasteiger partial charge in [0.1, 0.15) is 0 Å². The summed E-state index contributed by atoms with van der Waals surface area (Å²) >= 11 is 6.25. The summed E-state index contributed by atoms with van der Waals surface area (Å²) in [7, 11) is 0. The molecule has 0 radical (unpaired) electrons. The Kier molecular flexibility index (Phi) is 3.98. The maximum Gasteiger partial charge on any atom is 0.273 e. The van der Waals surface area contributed by atoms with Gasteiger partial charge in [-0.15, -0.1) is 0 Å². The predicted octanol–water partition coefficient (Wildman–Crippen LogP) is 3.24. The Labute approximate surface area is 103 Å². The van der Waals surface area contributed by atoms with Crippen LogP contribution in [-0.2, 0) is 0 Å².